The fourth-order valence-corrected chi connectivity index (χ4v) is 2.14. The molecule has 0 aliphatic rings. The highest BCUT2D eigenvalue weighted by atomic mass is 16.4. The van der Waals surface area contributed by atoms with E-state index in [-0.39, 0.29) is 12.0 Å². The van der Waals surface area contributed by atoms with Crippen molar-refractivity contribution in [2.45, 2.75) is 13.0 Å². The summed E-state index contributed by atoms with van der Waals surface area (Å²) in [6, 6.07) is 16.2. The lowest BCUT2D eigenvalue weighted by Gasteiger charge is -2.24. The van der Waals surface area contributed by atoms with Gasteiger partial charge in [0.1, 0.15) is 0 Å². The zero-order valence-electron chi connectivity index (χ0n) is 12.0. The van der Waals surface area contributed by atoms with E-state index in [1.54, 1.807) is 24.3 Å². The van der Waals surface area contributed by atoms with Crippen molar-refractivity contribution in [1.82, 2.24) is 0 Å². The third-order valence-corrected chi connectivity index (χ3v) is 3.29. The van der Waals surface area contributed by atoms with Gasteiger partial charge in [-0.2, -0.15) is 0 Å². The number of anilines is 1. The second-order valence-corrected chi connectivity index (χ2v) is 4.90. The molecular weight excluding hydrogens is 282 g/mol. The highest BCUT2D eigenvalue weighted by molar-refractivity contribution is 5.87. The van der Waals surface area contributed by atoms with Crippen LogP contribution in [0, 0.1) is 0 Å². The van der Waals surface area contributed by atoms with Gasteiger partial charge in [-0.25, -0.2) is 4.79 Å². The summed E-state index contributed by atoms with van der Waals surface area (Å²) >= 11 is 0. The van der Waals surface area contributed by atoms with E-state index >= 15 is 0 Å². The summed E-state index contributed by atoms with van der Waals surface area (Å²) in [4.78, 5) is 23.6. The number of nitrogens with zero attached hydrogens (tertiary/aromatic N) is 1. The van der Waals surface area contributed by atoms with Crippen LogP contribution in [0.15, 0.2) is 54.6 Å². The van der Waals surface area contributed by atoms with E-state index in [4.69, 9.17) is 10.2 Å². The Bertz CT molecular complexity index is 637. The summed E-state index contributed by atoms with van der Waals surface area (Å²) in [6.45, 7) is 0.914. The van der Waals surface area contributed by atoms with Gasteiger partial charge in [0.15, 0.2) is 0 Å². The molecule has 22 heavy (non-hydrogen) atoms. The summed E-state index contributed by atoms with van der Waals surface area (Å²) in [5, 5.41) is 17.8. The van der Waals surface area contributed by atoms with Gasteiger partial charge < -0.3 is 15.1 Å². The van der Waals surface area contributed by atoms with Gasteiger partial charge in [-0.15, -0.1) is 0 Å². The highest BCUT2D eigenvalue weighted by Crippen LogP contribution is 2.17. The normalized spacial score (nSPS) is 10.2. The molecule has 0 aliphatic carbocycles. The molecule has 0 unspecified atom stereocenters. The third kappa shape index (κ3) is 4.34. The van der Waals surface area contributed by atoms with Gasteiger partial charge in [-0.1, -0.05) is 30.3 Å². The largest absolute Gasteiger partial charge is 0.481 e. The van der Waals surface area contributed by atoms with Gasteiger partial charge >= 0.3 is 11.9 Å². The lowest BCUT2D eigenvalue weighted by molar-refractivity contribution is -0.136. The van der Waals surface area contributed by atoms with Crippen molar-refractivity contribution in [3.05, 3.63) is 65.7 Å². The molecule has 0 aliphatic heterocycles. The quantitative estimate of drug-likeness (QED) is 0.822. The van der Waals surface area contributed by atoms with Gasteiger partial charge in [-0.3, -0.25) is 4.79 Å². The number of carboxylic acids is 2. The Labute approximate surface area is 128 Å². The van der Waals surface area contributed by atoms with E-state index in [1.807, 2.05) is 35.2 Å². The number of benzene rings is 2. The molecule has 0 atom stereocenters. The predicted octanol–water partition coefficient (Wildman–Crippen LogP) is 2.87. The van der Waals surface area contributed by atoms with Crippen molar-refractivity contribution in [2.75, 3.05) is 11.4 Å². The molecule has 0 aromatic heterocycles. The average Bonchev–Trinajstić information content (AvgIpc) is 2.52. The van der Waals surface area contributed by atoms with Crippen molar-refractivity contribution >= 4 is 17.6 Å². The maximum Gasteiger partial charge on any atom is 0.335 e. The Morgan fingerprint density at radius 1 is 0.909 bits per heavy atom. The van der Waals surface area contributed by atoms with E-state index < -0.39 is 11.9 Å². The molecule has 0 bridgehead atoms. The van der Waals surface area contributed by atoms with Crippen LogP contribution in [0.25, 0.3) is 0 Å². The van der Waals surface area contributed by atoms with Gasteiger partial charge in [0.2, 0.25) is 0 Å². The number of hydrogen-bond acceptors (Lipinski definition) is 3. The lowest BCUT2D eigenvalue weighted by atomic mass is 10.1. The molecule has 0 saturated carbocycles. The number of hydrogen-bond donors (Lipinski definition) is 2. The Morgan fingerprint density at radius 2 is 1.55 bits per heavy atom. The molecule has 0 heterocycles. The second-order valence-electron chi connectivity index (χ2n) is 4.90. The molecule has 0 saturated heterocycles. The molecule has 114 valence electrons. The van der Waals surface area contributed by atoms with Gasteiger partial charge in [0.05, 0.1) is 12.0 Å². The number of carbonyl (C=O) groups is 2. The molecule has 5 heteroatoms. The monoisotopic (exact) mass is 299 g/mol. The Hall–Kier alpha value is -2.82. The molecule has 5 nitrogen and oxygen atoms in total. The zero-order chi connectivity index (χ0) is 15.9. The van der Waals surface area contributed by atoms with Crippen molar-refractivity contribution in [2.24, 2.45) is 0 Å². The van der Waals surface area contributed by atoms with Crippen LogP contribution in [0.5, 0.6) is 0 Å². The van der Waals surface area contributed by atoms with Crippen LogP contribution in [0.3, 0.4) is 0 Å². The number of carboxylic acid groups (broad SMARTS) is 2. The molecular formula is C17H17NO4. The lowest BCUT2D eigenvalue weighted by Crippen LogP contribution is -2.25. The molecule has 0 fully saturated rings. The predicted molar refractivity (Wildman–Crippen MR) is 83.1 cm³/mol. The van der Waals surface area contributed by atoms with Crippen LogP contribution in [0.1, 0.15) is 22.3 Å². The standard InChI is InChI=1S/C17H17NO4/c19-16(20)10-11-18(15-4-2-1-3-5-15)12-13-6-8-14(9-7-13)17(21)22/h1-9H,10-12H2,(H,19,20)(H,21,22). The minimum absolute atomic E-state index is 0.0438. The fraction of sp³-hybridized carbons (Fsp3) is 0.176. The third-order valence-electron chi connectivity index (χ3n) is 3.29. The average molecular weight is 299 g/mol. The summed E-state index contributed by atoms with van der Waals surface area (Å²) < 4.78 is 0. The van der Waals surface area contributed by atoms with Crippen LogP contribution in [0.4, 0.5) is 5.69 Å². The van der Waals surface area contributed by atoms with Crippen LogP contribution < -0.4 is 4.90 Å². The van der Waals surface area contributed by atoms with E-state index in [2.05, 4.69) is 0 Å². The van der Waals surface area contributed by atoms with Crippen molar-refractivity contribution in [3.63, 3.8) is 0 Å². The minimum atomic E-state index is -0.961. The second kappa shape index (κ2) is 7.26. The fourth-order valence-electron chi connectivity index (χ4n) is 2.14. The van der Waals surface area contributed by atoms with Crippen LogP contribution in [0.2, 0.25) is 0 Å². The maximum atomic E-state index is 10.9. The van der Waals surface area contributed by atoms with Crippen molar-refractivity contribution in [1.29, 1.82) is 0 Å². The molecule has 2 rings (SSSR count). The van der Waals surface area contributed by atoms with Gasteiger partial charge in [0, 0.05) is 18.8 Å². The Balaban J connectivity index is 2.15. The first kappa shape index (κ1) is 15.6. The van der Waals surface area contributed by atoms with Crippen LogP contribution in [-0.2, 0) is 11.3 Å². The molecule has 0 radical (unpaired) electrons. The number of aromatic carboxylic acids is 1. The van der Waals surface area contributed by atoms with E-state index in [0.29, 0.717) is 13.1 Å². The minimum Gasteiger partial charge on any atom is -0.481 e. The van der Waals surface area contributed by atoms with Crippen molar-refractivity contribution in [3.8, 4) is 0 Å². The van der Waals surface area contributed by atoms with E-state index in [9.17, 15) is 9.59 Å². The Kier molecular flexibility index (Phi) is 5.14. The molecule has 0 amide bonds. The van der Waals surface area contributed by atoms with Crippen LogP contribution in [-0.4, -0.2) is 28.7 Å². The van der Waals surface area contributed by atoms with Gasteiger partial charge in [0.25, 0.3) is 0 Å². The highest BCUT2D eigenvalue weighted by Gasteiger charge is 2.10. The first-order valence-corrected chi connectivity index (χ1v) is 6.90. The SMILES string of the molecule is O=C(O)CCN(Cc1ccc(C(=O)O)cc1)c1ccccc1. The summed E-state index contributed by atoms with van der Waals surface area (Å²) in [7, 11) is 0. The number of rotatable bonds is 7. The summed E-state index contributed by atoms with van der Waals surface area (Å²) in [5.41, 5.74) is 2.10. The summed E-state index contributed by atoms with van der Waals surface area (Å²) in [5.74, 6) is -1.81. The van der Waals surface area contributed by atoms with E-state index in [0.717, 1.165) is 11.3 Å². The first-order valence-electron chi connectivity index (χ1n) is 6.90. The maximum absolute atomic E-state index is 10.9. The smallest absolute Gasteiger partial charge is 0.335 e. The number of aliphatic carboxylic acids is 1. The first-order chi connectivity index (χ1) is 10.6. The zero-order valence-corrected chi connectivity index (χ0v) is 12.0. The summed E-state index contributed by atoms with van der Waals surface area (Å²) in [6.07, 6.45) is 0.0438. The van der Waals surface area contributed by atoms with Gasteiger partial charge in [-0.05, 0) is 29.8 Å². The topological polar surface area (TPSA) is 77.8 Å². The molecule has 2 N–H and O–H groups in total. The number of para-hydroxylation sites is 1. The van der Waals surface area contributed by atoms with Crippen LogP contribution >= 0.6 is 0 Å². The molecule has 2 aromatic rings. The van der Waals surface area contributed by atoms with Crippen molar-refractivity contribution < 1.29 is 19.8 Å². The Morgan fingerprint density at radius 3 is 2.09 bits per heavy atom. The molecule has 2 aromatic carbocycles. The molecule has 0 spiro atoms. The van der Waals surface area contributed by atoms with E-state index in [1.165, 1.54) is 0 Å².